The van der Waals surface area contributed by atoms with Crippen molar-refractivity contribution in [2.75, 3.05) is 0 Å². The Morgan fingerprint density at radius 1 is 0.844 bits per heavy atom. The van der Waals surface area contributed by atoms with Crippen molar-refractivity contribution in [3.05, 3.63) is 59.4 Å². The van der Waals surface area contributed by atoms with Crippen LogP contribution in [-0.2, 0) is 5.41 Å². The molecule has 0 bridgehead atoms. The van der Waals surface area contributed by atoms with Gasteiger partial charge >= 0.3 is 0 Å². The summed E-state index contributed by atoms with van der Waals surface area (Å²) >= 11 is 0. The third-order valence-electron chi connectivity index (χ3n) is 6.50. The van der Waals surface area contributed by atoms with Crippen molar-refractivity contribution in [3.8, 4) is 11.1 Å². The van der Waals surface area contributed by atoms with Crippen molar-refractivity contribution in [2.24, 2.45) is 4.99 Å². The largest absolute Gasteiger partial charge is 0.292 e. The van der Waals surface area contributed by atoms with Gasteiger partial charge in [0.05, 0.1) is 5.69 Å². The van der Waals surface area contributed by atoms with Gasteiger partial charge in [-0.25, -0.2) is 4.98 Å². The number of carbonyl (C=O) groups is 2. The Morgan fingerprint density at radius 3 is 2.06 bits per heavy atom. The maximum atomic E-state index is 12.6. The van der Waals surface area contributed by atoms with E-state index in [2.05, 4.69) is 56.1 Å². The molecule has 0 fully saturated rings. The van der Waals surface area contributed by atoms with Gasteiger partial charge in [-0.2, -0.15) is 0 Å². The van der Waals surface area contributed by atoms with E-state index in [9.17, 15) is 9.59 Å². The molecule has 4 heteroatoms. The number of fused-ring (bicyclic) bond motifs is 3. The highest BCUT2D eigenvalue weighted by molar-refractivity contribution is 6.07. The molecule has 0 spiro atoms. The maximum Gasteiger partial charge on any atom is 0.181 e. The Bertz CT molecular complexity index is 1230. The van der Waals surface area contributed by atoms with Crippen molar-refractivity contribution in [2.45, 2.75) is 65.7 Å². The number of Topliss-reactive ketones (excluding diaryl/α,β-unsaturated/α-hetero) is 2. The molecule has 0 saturated carbocycles. The van der Waals surface area contributed by atoms with Gasteiger partial charge in [0.15, 0.2) is 11.6 Å². The number of hydrogen-bond acceptors (Lipinski definition) is 4. The first-order chi connectivity index (χ1) is 15.3. The van der Waals surface area contributed by atoms with Gasteiger partial charge in [0.25, 0.3) is 0 Å². The average Bonchev–Trinajstić information content (AvgIpc) is 3.01. The standard InChI is InChI=1S/C28H30N2O2/c1-6-8-25(31)23-15-20(16-24(30-23)26(32)9-7-2)18-10-12-21-19(14-18)11-13-22-27(21)28(4,5)17(3)29-22/h10-16H,6-9H2,1-5H3. The molecule has 0 atom stereocenters. The third kappa shape index (κ3) is 3.79. The molecule has 4 nitrogen and oxygen atoms in total. The molecule has 164 valence electrons. The molecule has 32 heavy (non-hydrogen) atoms. The molecule has 1 aliphatic rings. The SMILES string of the molecule is CCCC(=O)c1cc(-c2ccc3c4c(ccc3c2)N=C(C)C4(C)C)cc(C(=O)CCC)n1. The van der Waals surface area contributed by atoms with Crippen LogP contribution in [0.5, 0.6) is 0 Å². The van der Waals surface area contributed by atoms with E-state index in [0.29, 0.717) is 24.2 Å². The molecule has 1 aliphatic heterocycles. The van der Waals surface area contributed by atoms with Crippen LogP contribution >= 0.6 is 0 Å². The number of carbonyl (C=O) groups excluding carboxylic acids is 2. The Labute approximate surface area is 189 Å². The molecule has 0 N–H and O–H groups in total. The number of aromatic nitrogens is 1. The van der Waals surface area contributed by atoms with Crippen LogP contribution in [0.15, 0.2) is 47.5 Å². The molecule has 1 aromatic heterocycles. The van der Waals surface area contributed by atoms with Gasteiger partial charge in [-0.05, 0) is 71.5 Å². The van der Waals surface area contributed by atoms with E-state index in [1.54, 1.807) is 0 Å². The van der Waals surface area contributed by atoms with Crippen molar-refractivity contribution >= 4 is 33.7 Å². The number of nitrogens with zero attached hydrogens (tertiary/aromatic N) is 2. The predicted molar refractivity (Wildman–Crippen MR) is 131 cm³/mol. The molecule has 0 saturated heterocycles. The van der Waals surface area contributed by atoms with Gasteiger partial charge in [0.2, 0.25) is 0 Å². The highest BCUT2D eigenvalue weighted by atomic mass is 16.1. The Balaban J connectivity index is 1.84. The highest BCUT2D eigenvalue weighted by Crippen LogP contribution is 2.44. The Morgan fingerprint density at radius 2 is 1.47 bits per heavy atom. The van der Waals surface area contributed by atoms with E-state index < -0.39 is 0 Å². The molecule has 0 aliphatic carbocycles. The minimum atomic E-state index is -0.105. The predicted octanol–water partition coefficient (Wildman–Crippen LogP) is 7.25. The van der Waals surface area contributed by atoms with Gasteiger partial charge in [0, 0.05) is 24.0 Å². The lowest BCUT2D eigenvalue weighted by molar-refractivity contribution is 0.0973. The molecule has 0 radical (unpaired) electrons. The summed E-state index contributed by atoms with van der Waals surface area (Å²) in [6.07, 6.45) is 2.36. The molecule has 3 aromatic rings. The van der Waals surface area contributed by atoms with Gasteiger partial charge in [-0.15, -0.1) is 0 Å². The normalized spacial score (nSPS) is 14.3. The van der Waals surface area contributed by atoms with E-state index in [-0.39, 0.29) is 17.0 Å². The zero-order valence-electron chi connectivity index (χ0n) is 19.6. The lowest BCUT2D eigenvalue weighted by Gasteiger charge is -2.22. The second-order valence-electron chi connectivity index (χ2n) is 9.19. The highest BCUT2D eigenvalue weighted by Gasteiger charge is 2.33. The zero-order valence-corrected chi connectivity index (χ0v) is 19.6. The summed E-state index contributed by atoms with van der Waals surface area (Å²) in [5.41, 5.74) is 5.90. The lowest BCUT2D eigenvalue weighted by Crippen LogP contribution is -2.22. The van der Waals surface area contributed by atoms with Crippen LogP contribution in [-0.4, -0.2) is 22.3 Å². The minimum absolute atomic E-state index is 0.0205. The van der Waals surface area contributed by atoms with Crippen LogP contribution < -0.4 is 0 Å². The first-order valence-electron chi connectivity index (χ1n) is 11.5. The maximum absolute atomic E-state index is 12.6. The van der Waals surface area contributed by atoms with Gasteiger partial charge < -0.3 is 0 Å². The van der Waals surface area contributed by atoms with E-state index in [4.69, 9.17) is 4.99 Å². The van der Waals surface area contributed by atoms with Crippen LogP contribution in [0.4, 0.5) is 5.69 Å². The molecular weight excluding hydrogens is 396 g/mol. The summed E-state index contributed by atoms with van der Waals surface area (Å²) in [5.74, 6) is -0.0410. The van der Waals surface area contributed by atoms with E-state index >= 15 is 0 Å². The van der Waals surface area contributed by atoms with Gasteiger partial charge in [0.1, 0.15) is 11.4 Å². The fourth-order valence-corrected chi connectivity index (χ4v) is 4.44. The molecule has 0 unspecified atom stereocenters. The lowest BCUT2D eigenvalue weighted by atomic mass is 9.79. The van der Waals surface area contributed by atoms with Gasteiger partial charge in [-0.1, -0.05) is 45.9 Å². The number of hydrogen-bond donors (Lipinski definition) is 0. The topological polar surface area (TPSA) is 59.4 Å². The molecule has 0 amide bonds. The molecule has 2 aromatic carbocycles. The van der Waals surface area contributed by atoms with Crippen molar-refractivity contribution in [3.63, 3.8) is 0 Å². The van der Waals surface area contributed by atoms with E-state index in [1.165, 1.54) is 10.9 Å². The quantitative estimate of drug-likeness (QED) is 0.374. The van der Waals surface area contributed by atoms with Crippen LogP contribution in [0.1, 0.15) is 86.8 Å². The summed E-state index contributed by atoms with van der Waals surface area (Å²) in [5, 5.41) is 2.31. The first kappa shape index (κ1) is 22.1. The summed E-state index contributed by atoms with van der Waals surface area (Å²) in [7, 11) is 0. The monoisotopic (exact) mass is 426 g/mol. The van der Waals surface area contributed by atoms with Crippen LogP contribution in [0.25, 0.3) is 21.9 Å². The van der Waals surface area contributed by atoms with Crippen LogP contribution in [0, 0.1) is 0 Å². The Kier molecular flexibility index (Phi) is 5.81. The van der Waals surface area contributed by atoms with Gasteiger partial charge in [-0.3, -0.25) is 14.6 Å². The summed E-state index contributed by atoms with van der Waals surface area (Å²) in [6.45, 7) is 10.5. The fraction of sp³-hybridized carbons (Fsp3) is 0.357. The molecule has 4 rings (SSSR count). The second kappa shape index (κ2) is 8.42. The van der Waals surface area contributed by atoms with Crippen molar-refractivity contribution < 1.29 is 9.59 Å². The summed E-state index contributed by atoms with van der Waals surface area (Å²) in [4.78, 5) is 34.4. The van der Waals surface area contributed by atoms with Crippen molar-refractivity contribution in [1.82, 2.24) is 4.98 Å². The minimum Gasteiger partial charge on any atom is -0.292 e. The smallest absolute Gasteiger partial charge is 0.181 e. The van der Waals surface area contributed by atoms with E-state index in [0.717, 1.165) is 40.8 Å². The summed E-state index contributed by atoms with van der Waals surface area (Å²) in [6, 6.07) is 14.2. The number of pyridine rings is 1. The second-order valence-corrected chi connectivity index (χ2v) is 9.19. The van der Waals surface area contributed by atoms with E-state index in [1.807, 2.05) is 26.0 Å². The first-order valence-corrected chi connectivity index (χ1v) is 11.5. The number of benzene rings is 2. The molecule has 2 heterocycles. The number of rotatable bonds is 7. The zero-order chi connectivity index (χ0) is 23.0. The number of ketones is 2. The van der Waals surface area contributed by atoms with Crippen molar-refractivity contribution in [1.29, 1.82) is 0 Å². The summed E-state index contributed by atoms with van der Waals surface area (Å²) < 4.78 is 0. The third-order valence-corrected chi connectivity index (χ3v) is 6.50. The van der Waals surface area contributed by atoms with Crippen LogP contribution in [0.3, 0.4) is 0 Å². The number of aliphatic imine (C=N–C) groups is 1. The average molecular weight is 427 g/mol. The fourth-order valence-electron chi connectivity index (χ4n) is 4.44. The Hall–Kier alpha value is -3.14. The molecular formula is C28H30N2O2. The van der Waals surface area contributed by atoms with Crippen LogP contribution in [0.2, 0.25) is 0 Å².